The molecule has 1 unspecified atom stereocenters. The lowest BCUT2D eigenvalue weighted by Gasteiger charge is -2.34. The lowest BCUT2D eigenvalue weighted by atomic mass is 10.0. The Labute approximate surface area is 142 Å². The van der Waals surface area contributed by atoms with Gasteiger partial charge in [-0.15, -0.1) is 0 Å². The number of nitrogens with zero attached hydrogens (tertiary/aromatic N) is 3. The van der Waals surface area contributed by atoms with E-state index in [9.17, 15) is 4.79 Å². The Bertz CT molecular complexity index is 664. The van der Waals surface area contributed by atoms with Gasteiger partial charge in [0.1, 0.15) is 11.6 Å². The summed E-state index contributed by atoms with van der Waals surface area (Å²) < 4.78 is 5.15. The van der Waals surface area contributed by atoms with Crippen molar-refractivity contribution in [3.05, 3.63) is 41.4 Å². The summed E-state index contributed by atoms with van der Waals surface area (Å²) in [5.74, 6) is 1.87. The zero-order valence-corrected chi connectivity index (χ0v) is 14.3. The van der Waals surface area contributed by atoms with E-state index in [1.807, 2.05) is 32.0 Å². The van der Waals surface area contributed by atoms with Crippen LogP contribution in [0.5, 0.6) is 0 Å². The molecule has 6 nitrogen and oxygen atoms in total. The largest absolute Gasteiger partial charge is 0.361 e. The van der Waals surface area contributed by atoms with Crippen LogP contribution in [0.1, 0.15) is 36.3 Å². The van der Waals surface area contributed by atoms with Crippen molar-refractivity contribution >= 4 is 11.7 Å². The summed E-state index contributed by atoms with van der Waals surface area (Å²) in [4.78, 5) is 18.9. The van der Waals surface area contributed by atoms with E-state index in [-0.39, 0.29) is 11.9 Å². The third-order valence-corrected chi connectivity index (χ3v) is 4.54. The first kappa shape index (κ1) is 16.5. The minimum Gasteiger partial charge on any atom is -0.361 e. The molecule has 0 saturated carbocycles. The number of anilines is 1. The molecule has 0 aromatic carbocycles. The third kappa shape index (κ3) is 3.93. The molecule has 2 aromatic rings. The molecule has 128 valence electrons. The monoisotopic (exact) mass is 328 g/mol. The van der Waals surface area contributed by atoms with Gasteiger partial charge in [0, 0.05) is 37.3 Å². The van der Waals surface area contributed by atoms with E-state index in [0.29, 0.717) is 12.8 Å². The van der Waals surface area contributed by atoms with E-state index in [0.717, 1.165) is 48.8 Å². The van der Waals surface area contributed by atoms with Crippen LogP contribution < -0.4 is 10.2 Å². The molecule has 3 heterocycles. The van der Waals surface area contributed by atoms with Gasteiger partial charge in [-0.05, 0) is 45.2 Å². The molecule has 24 heavy (non-hydrogen) atoms. The van der Waals surface area contributed by atoms with Crippen molar-refractivity contribution < 1.29 is 9.32 Å². The quantitative estimate of drug-likeness (QED) is 0.912. The number of pyridine rings is 1. The van der Waals surface area contributed by atoms with Crippen LogP contribution in [-0.4, -0.2) is 35.2 Å². The maximum Gasteiger partial charge on any atom is 0.220 e. The maximum atomic E-state index is 12.3. The summed E-state index contributed by atoms with van der Waals surface area (Å²) >= 11 is 0. The predicted molar refractivity (Wildman–Crippen MR) is 91.9 cm³/mol. The standard InChI is InChI=1S/C18H24N4O2/c1-13-16(14(2)24-21-13)8-9-18(23)20-15-6-5-11-22(12-15)17-7-3-4-10-19-17/h3-4,7,10,15H,5-6,8-9,11-12H2,1-2H3,(H,20,23). The van der Waals surface area contributed by atoms with E-state index in [2.05, 4.69) is 20.4 Å². The Morgan fingerprint density at radius 3 is 3.00 bits per heavy atom. The van der Waals surface area contributed by atoms with Crippen molar-refractivity contribution in [2.24, 2.45) is 0 Å². The van der Waals surface area contributed by atoms with Crippen LogP contribution in [0.15, 0.2) is 28.9 Å². The van der Waals surface area contributed by atoms with E-state index < -0.39 is 0 Å². The average Bonchev–Trinajstić information content (AvgIpc) is 2.92. The first-order valence-corrected chi connectivity index (χ1v) is 8.50. The summed E-state index contributed by atoms with van der Waals surface area (Å²) in [6.45, 7) is 5.60. The molecule has 6 heteroatoms. The van der Waals surface area contributed by atoms with E-state index in [4.69, 9.17) is 4.52 Å². The Hall–Kier alpha value is -2.37. The van der Waals surface area contributed by atoms with Gasteiger partial charge in [-0.25, -0.2) is 4.98 Å². The molecule has 0 bridgehead atoms. The molecule has 3 rings (SSSR count). The second-order valence-corrected chi connectivity index (χ2v) is 6.34. The zero-order valence-electron chi connectivity index (χ0n) is 14.3. The fraction of sp³-hybridized carbons (Fsp3) is 0.500. The topological polar surface area (TPSA) is 71.3 Å². The number of rotatable bonds is 5. The molecule has 1 saturated heterocycles. The highest BCUT2D eigenvalue weighted by Gasteiger charge is 2.22. The number of nitrogens with one attached hydrogen (secondary N) is 1. The van der Waals surface area contributed by atoms with Gasteiger partial charge in [0.25, 0.3) is 0 Å². The lowest BCUT2D eigenvalue weighted by molar-refractivity contribution is -0.121. The number of carbonyl (C=O) groups excluding carboxylic acids is 1. The second-order valence-electron chi connectivity index (χ2n) is 6.34. The normalized spacial score (nSPS) is 17.8. The molecule has 1 aliphatic rings. The van der Waals surface area contributed by atoms with Crippen molar-refractivity contribution in [2.75, 3.05) is 18.0 Å². The van der Waals surface area contributed by atoms with Crippen LogP contribution in [0.25, 0.3) is 0 Å². The molecule has 1 N–H and O–H groups in total. The summed E-state index contributed by atoms with van der Waals surface area (Å²) in [5.41, 5.74) is 1.92. The zero-order chi connectivity index (χ0) is 16.9. The molecule has 0 spiro atoms. The van der Waals surface area contributed by atoms with Gasteiger partial charge < -0.3 is 14.7 Å². The molecular formula is C18H24N4O2. The number of aryl methyl sites for hydroxylation is 2. The SMILES string of the molecule is Cc1noc(C)c1CCC(=O)NC1CCCN(c2ccccn2)C1. The van der Waals surface area contributed by atoms with Gasteiger partial charge in [0.2, 0.25) is 5.91 Å². The van der Waals surface area contributed by atoms with Crippen molar-refractivity contribution in [3.63, 3.8) is 0 Å². The predicted octanol–water partition coefficient (Wildman–Crippen LogP) is 2.40. The highest BCUT2D eigenvalue weighted by atomic mass is 16.5. The molecular weight excluding hydrogens is 304 g/mol. The third-order valence-electron chi connectivity index (χ3n) is 4.54. The summed E-state index contributed by atoms with van der Waals surface area (Å²) in [6, 6.07) is 6.11. The number of aromatic nitrogens is 2. The highest BCUT2D eigenvalue weighted by molar-refractivity contribution is 5.76. The number of piperidine rings is 1. The molecule has 2 aromatic heterocycles. The van der Waals surface area contributed by atoms with Gasteiger partial charge in [-0.2, -0.15) is 0 Å². The molecule has 1 aliphatic heterocycles. The van der Waals surface area contributed by atoms with Crippen LogP contribution in [0, 0.1) is 13.8 Å². The van der Waals surface area contributed by atoms with E-state index >= 15 is 0 Å². The van der Waals surface area contributed by atoms with Crippen molar-refractivity contribution in [1.82, 2.24) is 15.5 Å². The van der Waals surface area contributed by atoms with Gasteiger partial charge in [0.15, 0.2) is 0 Å². The van der Waals surface area contributed by atoms with Crippen LogP contribution in [0.2, 0.25) is 0 Å². The number of amides is 1. The average molecular weight is 328 g/mol. The molecule has 1 fully saturated rings. The Kier molecular flexibility index (Phi) is 5.13. The van der Waals surface area contributed by atoms with Gasteiger partial charge in [-0.3, -0.25) is 4.79 Å². The van der Waals surface area contributed by atoms with Crippen LogP contribution in [0.3, 0.4) is 0 Å². The van der Waals surface area contributed by atoms with Crippen LogP contribution in [0.4, 0.5) is 5.82 Å². The van der Waals surface area contributed by atoms with Crippen molar-refractivity contribution in [2.45, 2.75) is 45.6 Å². The highest BCUT2D eigenvalue weighted by Crippen LogP contribution is 2.18. The van der Waals surface area contributed by atoms with Gasteiger partial charge >= 0.3 is 0 Å². The minimum absolute atomic E-state index is 0.0860. The number of carbonyl (C=O) groups is 1. The van der Waals surface area contributed by atoms with Crippen molar-refractivity contribution in [3.8, 4) is 0 Å². The smallest absolute Gasteiger partial charge is 0.220 e. The summed E-state index contributed by atoms with van der Waals surface area (Å²) in [6.07, 6.45) is 5.01. The summed E-state index contributed by atoms with van der Waals surface area (Å²) in [5, 5.41) is 7.09. The van der Waals surface area contributed by atoms with E-state index in [1.54, 1.807) is 6.20 Å². The first-order chi connectivity index (χ1) is 11.6. The van der Waals surface area contributed by atoms with E-state index in [1.165, 1.54) is 0 Å². The molecule has 0 radical (unpaired) electrons. The molecule has 1 atom stereocenters. The molecule has 0 aliphatic carbocycles. The van der Waals surface area contributed by atoms with Crippen molar-refractivity contribution in [1.29, 1.82) is 0 Å². The Morgan fingerprint density at radius 2 is 2.29 bits per heavy atom. The van der Waals surface area contributed by atoms with Crippen LogP contribution in [-0.2, 0) is 11.2 Å². The molecule has 1 amide bonds. The van der Waals surface area contributed by atoms with Gasteiger partial charge in [0.05, 0.1) is 5.69 Å². The van der Waals surface area contributed by atoms with Gasteiger partial charge in [-0.1, -0.05) is 11.2 Å². The number of hydrogen-bond acceptors (Lipinski definition) is 5. The lowest BCUT2D eigenvalue weighted by Crippen LogP contribution is -2.48. The Morgan fingerprint density at radius 1 is 1.42 bits per heavy atom. The maximum absolute atomic E-state index is 12.3. The fourth-order valence-corrected chi connectivity index (χ4v) is 3.24. The van der Waals surface area contributed by atoms with Crippen LogP contribution >= 0.6 is 0 Å². The number of hydrogen-bond donors (Lipinski definition) is 1. The Balaban J connectivity index is 1.51. The minimum atomic E-state index is 0.0860. The second kappa shape index (κ2) is 7.47. The fourth-order valence-electron chi connectivity index (χ4n) is 3.24. The summed E-state index contributed by atoms with van der Waals surface area (Å²) in [7, 11) is 0. The first-order valence-electron chi connectivity index (χ1n) is 8.50.